The number of likely N-dealkylation sites (tertiary alicyclic amines) is 1. The van der Waals surface area contributed by atoms with Crippen LogP contribution in [0.5, 0.6) is 5.75 Å². The Morgan fingerprint density at radius 1 is 1.31 bits per heavy atom. The number of carbonyl (C=O) groups is 1. The van der Waals surface area contributed by atoms with E-state index in [0.717, 1.165) is 47.7 Å². The average molecular weight is 382 g/mol. The number of halogens is 1. The molecule has 0 aliphatic carbocycles. The summed E-state index contributed by atoms with van der Waals surface area (Å²) in [5.41, 5.74) is 1.97. The first-order chi connectivity index (χ1) is 12.5. The number of piperidine rings is 1. The van der Waals surface area contributed by atoms with E-state index in [4.69, 9.17) is 25.8 Å². The Morgan fingerprint density at radius 2 is 2.04 bits per heavy atom. The molecule has 5 nitrogen and oxygen atoms in total. The van der Waals surface area contributed by atoms with Gasteiger partial charge in [-0.1, -0.05) is 25.4 Å². The van der Waals surface area contributed by atoms with Crippen molar-refractivity contribution in [3.05, 3.63) is 28.3 Å². The van der Waals surface area contributed by atoms with Crippen LogP contribution in [-0.2, 0) is 14.3 Å². The molecule has 0 aromatic heterocycles. The minimum absolute atomic E-state index is 0.0149. The maximum atomic E-state index is 12.8. The highest BCUT2D eigenvalue weighted by Gasteiger charge is 2.36. The van der Waals surface area contributed by atoms with Gasteiger partial charge in [-0.3, -0.25) is 4.79 Å². The van der Waals surface area contributed by atoms with Crippen molar-refractivity contribution in [2.45, 2.75) is 58.3 Å². The number of hydrogen-bond donors (Lipinski definition) is 0. The van der Waals surface area contributed by atoms with Crippen molar-refractivity contribution in [3.63, 3.8) is 0 Å². The summed E-state index contributed by atoms with van der Waals surface area (Å²) in [6.07, 6.45) is 2.70. The lowest BCUT2D eigenvalue weighted by molar-refractivity contribution is -0.152. The van der Waals surface area contributed by atoms with Gasteiger partial charge in [-0.25, -0.2) is 0 Å². The van der Waals surface area contributed by atoms with Crippen LogP contribution in [-0.4, -0.2) is 49.5 Å². The highest BCUT2D eigenvalue weighted by Crippen LogP contribution is 2.32. The lowest BCUT2D eigenvalue weighted by atomic mass is 10.0. The fourth-order valence-corrected chi connectivity index (χ4v) is 3.79. The Bertz CT molecular complexity index is 643. The molecule has 3 rings (SSSR count). The highest BCUT2D eigenvalue weighted by atomic mass is 35.5. The largest absolute Gasteiger partial charge is 0.483 e. The molecule has 1 amide bonds. The van der Waals surface area contributed by atoms with E-state index in [9.17, 15) is 4.79 Å². The lowest BCUT2D eigenvalue weighted by Gasteiger charge is -2.37. The molecule has 0 saturated carbocycles. The van der Waals surface area contributed by atoms with Crippen LogP contribution in [0.25, 0.3) is 0 Å². The predicted octanol–water partition coefficient (Wildman–Crippen LogP) is 3.90. The number of hydrogen-bond acceptors (Lipinski definition) is 4. The molecule has 0 N–H and O–H groups in total. The lowest BCUT2D eigenvalue weighted by Crippen LogP contribution is -2.51. The van der Waals surface area contributed by atoms with Gasteiger partial charge >= 0.3 is 0 Å². The third kappa shape index (κ3) is 4.33. The van der Waals surface area contributed by atoms with Crippen molar-refractivity contribution in [2.75, 3.05) is 26.4 Å². The zero-order chi connectivity index (χ0) is 18.7. The summed E-state index contributed by atoms with van der Waals surface area (Å²) >= 11 is 6.25. The van der Waals surface area contributed by atoms with Crippen molar-refractivity contribution in [1.82, 2.24) is 4.90 Å². The Kier molecular flexibility index (Phi) is 6.43. The molecule has 1 aromatic carbocycles. The van der Waals surface area contributed by atoms with Crippen LogP contribution < -0.4 is 4.74 Å². The highest BCUT2D eigenvalue weighted by molar-refractivity contribution is 6.31. The first-order valence-corrected chi connectivity index (χ1v) is 9.80. The molecule has 1 unspecified atom stereocenters. The number of benzene rings is 1. The third-order valence-electron chi connectivity index (χ3n) is 5.10. The molecule has 1 atom stereocenters. The van der Waals surface area contributed by atoms with E-state index in [2.05, 4.69) is 13.8 Å². The summed E-state index contributed by atoms with van der Waals surface area (Å²) in [5, 5.41) is 0.721. The zero-order valence-corrected chi connectivity index (χ0v) is 16.6. The molecule has 26 heavy (non-hydrogen) atoms. The first-order valence-electron chi connectivity index (χ1n) is 9.43. The van der Waals surface area contributed by atoms with Crippen LogP contribution in [0.3, 0.4) is 0 Å². The number of rotatable bonds is 5. The fraction of sp³-hybridized carbons (Fsp3) is 0.650. The van der Waals surface area contributed by atoms with Crippen LogP contribution in [0.1, 0.15) is 50.2 Å². The van der Waals surface area contributed by atoms with Gasteiger partial charge in [-0.2, -0.15) is 0 Å². The van der Waals surface area contributed by atoms with Crippen LogP contribution >= 0.6 is 11.6 Å². The molecule has 6 heteroatoms. The monoisotopic (exact) mass is 381 g/mol. The molecule has 2 heterocycles. The minimum atomic E-state index is -0.303. The second kappa shape index (κ2) is 8.59. The van der Waals surface area contributed by atoms with Gasteiger partial charge in [0.05, 0.1) is 19.3 Å². The van der Waals surface area contributed by atoms with Gasteiger partial charge in [0, 0.05) is 11.6 Å². The van der Waals surface area contributed by atoms with Crippen LogP contribution in [0.4, 0.5) is 0 Å². The summed E-state index contributed by atoms with van der Waals surface area (Å²) < 4.78 is 17.2. The molecule has 2 aliphatic rings. The van der Waals surface area contributed by atoms with Crippen molar-refractivity contribution >= 4 is 17.5 Å². The maximum Gasteiger partial charge on any atom is 0.260 e. The Balaban J connectivity index is 1.68. The van der Waals surface area contributed by atoms with E-state index in [1.54, 1.807) is 0 Å². The zero-order valence-electron chi connectivity index (χ0n) is 15.8. The van der Waals surface area contributed by atoms with Crippen LogP contribution in [0, 0.1) is 6.92 Å². The van der Waals surface area contributed by atoms with Crippen molar-refractivity contribution in [1.29, 1.82) is 0 Å². The SMILES string of the molecule is Cc1cc(OCC(=O)N2CCCCC2C2OCCO2)c(C(C)C)cc1Cl. The molecular formula is C20H28ClNO4. The van der Waals surface area contributed by atoms with E-state index in [0.29, 0.717) is 13.2 Å². The second-order valence-corrected chi connectivity index (χ2v) is 7.75. The van der Waals surface area contributed by atoms with Crippen molar-refractivity contribution in [3.8, 4) is 5.75 Å². The number of nitrogens with zero attached hydrogens (tertiary/aromatic N) is 1. The summed E-state index contributed by atoms with van der Waals surface area (Å²) in [6.45, 7) is 8.06. The Hall–Kier alpha value is -1.30. The van der Waals surface area contributed by atoms with Gasteiger partial charge in [0.2, 0.25) is 0 Å². The van der Waals surface area contributed by atoms with Gasteiger partial charge in [0.15, 0.2) is 12.9 Å². The number of aryl methyl sites for hydroxylation is 1. The summed E-state index contributed by atoms with van der Waals surface area (Å²) in [5.74, 6) is 0.981. The molecule has 1 aromatic rings. The number of ether oxygens (including phenoxy) is 3. The van der Waals surface area contributed by atoms with Gasteiger partial charge in [0.1, 0.15) is 5.75 Å². The minimum Gasteiger partial charge on any atom is -0.483 e. The topological polar surface area (TPSA) is 48.0 Å². The first kappa shape index (κ1) is 19.5. The summed E-state index contributed by atoms with van der Waals surface area (Å²) in [7, 11) is 0. The summed E-state index contributed by atoms with van der Waals surface area (Å²) in [4.78, 5) is 14.7. The van der Waals surface area contributed by atoms with E-state index in [1.807, 2.05) is 24.0 Å². The quantitative estimate of drug-likeness (QED) is 0.776. The molecule has 0 radical (unpaired) electrons. The fourth-order valence-electron chi connectivity index (χ4n) is 3.62. The number of carbonyl (C=O) groups excluding carboxylic acids is 1. The molecule has 144 valence electrons. The van der Waals surface area contributed by atoms with Crippen molar-refractivity contribution in [2.24, 2.45) is 0 Å². The smallest absolute Gasteiger partial charge is 0.260 e. The molecule has 0 spiro atoms. The Labute approximate surface area is 160 Å². The molecule has 2 aliphatic heterocycles. The van der Waals surface area contributed by atoms with E-state index in [-0.39, 0.29) is 30.8 Å². The molecule has 2 saturated heterocycles. The number of amides is 1. The summed E-state index contributed by atoms with van der Waals surface area (Å²) in [6, 6.07) is 3.84. The van der Waals surface area contributed by atoms with Gasteiger partial charge in [0.25, 0.3) is 5.91 Å². The van der Waals surface area contributed by atoms with Crippen LogP contribution in [0.15, 0.2) is 12.1 Å². The van der Waals surface area contributed by atoms with Gasteiger partial charge < -0.3 is 19.1 Å². The maximum absolute atomic E-state index is 12.8. The standard InChI is InChI=1S/C20H28ClNO4/c1-13(2)15-11-16(21)14(3)10-18(15)26-12-19(23)22-7-5-4-6-17(22)20-24-8-9-25-20/h10-11,13,17,20H,4-9,12H2,1-3H3. The average Bonchev–Trinajstić information content (AvgIpc) is 3.16. The van der Waals surface area contributed by atoms with Crippen molar-refractivity contribution < 1.29 is 19.0 Å². The van der Waals surface area contributed by atoms with E-state index in [1.165, 1.54) is 0 Å². The van der Waals surface area contributed by atoms with Gasteiger partial charge in [-0.15, -0.1) is 0 Å². The third-order valence-corrected chi connectivity index (χ3v) is 5.50. The molecule has 2 fully saturated rings. The van der Waals surface area contributed by atoms with Crippen LogP contribution in [0.2, 0.25) is 5.02 Å². The second-order valence-electron chi connectivity index (χ2n) is 7.34. The van der Waals surface area contributed by atoms with E-state index < -0.39 is 0 Å². The van der Waals surface area contributed by atoms with Gasteiger partial charge in [-0.05, 0) is 55.4 Å². The normalized spacial score (nSPS) is 21.4. The van der Waals surface area contributed by atoms with E-state index >= 15 is 0 Å². The Morgan fingerprint density at radius 3 is 2.73 bits per heavy atom. The predicted molar refractivity (Wildman–Crippen MR) is 101 cm³/mol. The molecular weight excluding hydrogens is 354 g/mol. The molecule has 0 bridgehead atoms.